The van der Waals surface area contributed by atoms with Crippen molar-refractivity contribution >= 4 is 16.8 Å². The molecule has 29 heavy (non-hydrogen) atoms. The van der Waals surface area contributed by atoms with E-state index in [0.717, 1.165) is 41.8 Å². The van der Waals surface area contributed by atoms with Crippen molar-refractivity contribution in [2.75, 3.05) is 32.1 Å². The van der Waals surface area contributed by atoms with Crippen molar-refractivity contribution in [3.8, 4) is 17.2 Å². The summed E-state index contributed by atoms with van der Waals surface area (Å²) in [6, 6.07) is 15.1. The topological polar surface area (TPSA) is 56.3 Å². The van der Waals surface area contributed by atoms with Crippen molar-refractivity contribution in [2.45, 2.75) is 38.6 Å². The van der Waals surface area contributed by atoms with Crippen LogP contribution in [0, 0.1) is 11.3 Å². The third-order valence-electron chi connectivity index (χ3n) is 5.70. The lowest BCUT2D eigenvalue weighted by Crippen LogP contribution is -2.31. The van der Waals surface area contributed by atoms with E-state index in [1.165, 1.54) is 0 Å². The Morgan fingerprint density at radius 2 is 1.93 bits per heavy atom. The lowest BCUT2D eigenvalue weighted by Gasteiger charge is -2.24. The van der Waals surface area contributed by atoms with E-state index in [2.05, 4.69) is 62.9 Å². The van der Waals surface area contributed by atoms with Gasteiger partial charge in [0.05, 0.1) is 11.3 Å². The first kappa shape index (κ1) is 19.5. The zero-order valence-electron chi connectivity index (χ0n) is 17.9. The molecular weight excluding hydrogens is 360 g/mol. The van der Waals surface area contributed by atoms with E-state index in [1.807, 2.05) is 24.3 Å². The van der Waals surface area contributed by atoms with Gasteiger partial charge in [-0.1, -0.05) is 51.1 Å². The van der Waals surface area contributed by atoms with Crippen molar-refractivity contribution in [3.05, 3.63) is 47.9 Å². The number of hydrogen-bond acceptors (Lipinski definition) is 5. The normalized spacial score (nSPS) is 17.3. The molecule has 0 unspecified atom stereocenters. The van der Waals surface area contributed by atoms with Gasteiger partial charge >= 0.3 is 0 Å². The number of anilines is 1. The first-order valence-electron chi connectivity index (χ1n) is 10.1. The van der Waals surface area contributed by atoms with E-state index in [9.17, 15) is 5.26 Å². The van der Waals surface area contributed by atoms with Crippen molar-refractivity contribution < 1.29 is 4.42 Å². The van der Waals surface area contributed by atoms with Crippen LogP contribution in [0.25, 0.3) is 22.2 Å². The zero-order valence-corrected chi connectivity index (χ0v) is 17.9. The molecule has 1 fully saturated rings. The molecule has 0 spiro atoms. The number of nitriles is 1. The van der Waals surface area contributed by atoms with Gasteiger partial charge in [0, 0.05) is 30.1 Å². The molecule has 1 saturated heterocycles. The Hall–Kier alpha value is -2.84. The minimum absolute atomic E-state index is 0.229. The van der Waals surface area contributed by atoms with Gasteiger partial charge < -0.3 is 14.2 Å². The molecule has 0 bridgehead atoms. The van der Waals surface area contributed by atoms with Gasteiger partial charge in [0.2, 0.25) is 5.89 Å². The molecule has 0 radical (unpaired) electrons. The van der Waals surface area contributed by atoms with Crippen LogP contribution in [0.1, 0.15) is 38.6 Å². The van der Waals surface area contributed by atoms with Gasteiger partial charge in [-0.25, -0.2) is 4.98 Å². The Morgan fingerprint density at radius 3 is 2.52 bits per heavy atom. The molecule has 1 aromatic heterocycles. The third-order valence-corrected chi connectivity index (χ3v) is 5.70. The Balaban J connectivity index is 1.99. The first-order valence-corrected chi connectivity index (χ1v) is 10.1. The highest BCUT2D eigenvalue weighted by molar-refractivity contribution is 6.00. The standard InChI is InChI=1S/C24H28N4O/c1-24(2,3)23-26-20-21(28-12-11-18(15-28)27(4)5)19(16-9-7-6-8-10-16)13-17(14-25)22(20)29-23/h6-10,13,18H,11-12,15H2,1-5H3/t18-/m0/s1. The second-order valence-corrected chi connectivity index (χ2v) is 9.10. The Morgan fingerprint density at radius 1 is 1.21 bits per heavy atom. The fraction of sp³-hybridized carbons (Fsp3) is 0.417. The Labute approximate surface area is 172 Å². The van der Waals surface area contributed by atoms with Crippen molar-refractivity contribution in [1.82, 2.24) is 9.88 Å². The lowest BCUT2D eigenvalue weighted by molar-refractivity contribution is 0.315. The number of likely N-dealkylation sites (N-methyl/N-ethyl adjacent to an activating group) is 1. The minimum atomic E-state index is -0.229. The molecule has 1 aliphatic heterocycles. The van der Waals surface area contributed by atoms with Gasteiger partial charge in [-0.05, 0) is 32.1 Å². The van der Waals surface area contributed by atoms with Crippen LogP contribution < -0.4 is 4.90 Å². The number of rotatable bonds is 3. The molecule has 0 aliphatic carbocycles. The molecule has 150 valence electrons. The number of benzene rings is 2. The molecule has 0 N–H and O–H groups in total. The molecule has 0 saturated carbocycles. The Bertz CT molecular complexity index is 1070. The zero-order chi connectivity index (χ0) is 20.8. The molecule has 1 atom stereocenters. The van der Waals surface area contributed by atoms with Crippen LogP contribution >= 0.6 is 0 Å². The summed E-state index contributed by atoms with van der Waals surface area (Å²) < 4.78 is 6.15. The lowest BCUT2D eigenvalue weighted by atomic mass is 9.97. The summed E-state index contributed by atoms with van der Waals surface area (Å²) >= 11 is 0. The average molecular weight is 389 g/mol. The number of hydrogen-bond donors (Lipinski definition) is 0. The summed E-state index contributed by atoms with van der Waals surface area (Å²) in [6.07, 6.45) is 1.10. The van der Waals surface area contributed by atoms with Crippen LogP contribution in [-0.4, -0.2) is 43.1 Å². The van der Waals surface area contributed by atoms with Gasteiger partial charge in [0.15, 0.2) is 5.58 Å². The second kappa shape index (κ2) is 7.20. The summed E-state index contributed by atoms with van der Waals surface area (Å²) in [5.41, 5.74) is 4.92. The molecule has 2 heterocycles. The molecule has 1 aliphatic rings. The SMILES string of the molecule is CN(C)[C@H]1CCN(c2c(-c3ccccc3)cc(C#N)c3oc(C(C)(C)C)nc23)C1. The second-order valence-electron chi connectivity index (χ2n) is 9.10. The van der Waals surface area contributed by atoms with Crippen molar-refractivity contribution in [3.63, 3.8) is 0 Å². The largest absolute Gasteiger partial charge is 0.439 e. The monoisotopic (exact) mass is 388 g/mol. The smallest absolute Gasteiger partial charge is 0.201 e. The van der Waals surface area contributed by atoms with E-state index in [4.69, 9.17) is 9.40 Å². The molecule has 0 amide bonds. The van der Waals surface area contributed by atoms with Crippen LogP contribution in [0.15, 0.2) is 40.8 Å². The minimum Gasteiger partial charge on any atom is -0.439 e. The van der Waals surface area contributed by atoms with E-state index in [0.29, 0.717) is 23.1 Å². The molecule has 5 nitrogen and oxygen atoms in total. The molecule has 4 rings (SSSR count). The van der Waals surface area contributed by atoms with Crippen LogP contribution in [0.4, 0.5) is 5.69 Å². The van der Waals surface area contributed by atoms with Crippen LogP contribution in [0.5, 0.6) is 0 Å². The van der Waals surface area contributed by atoms with Crippen LogP contribution in [0.3, 0.4) is 0 Å². The maximum Gasteiger partial charge on any atom is 0.201 e. The Kier molecular flexibility index (Phi) is 4.84. The van der Waals surface area contributed by atoms with Gasteiger partial charge in [0.1, 0.15) is 11.6 Å². The summed E-state index contributed by atoms with van der Waals surface area (Å²) in [7, 11) is 4.27. The molecule has 2 aromatic carbocycles. The summed E-state index contributed by atoms with van der Waals surface area (Å²) in [6.45, 7) is 8.14. The van der Waals surface area contributed by atoms with E-state index >= 15 is 0 Å². The van der Waals surface area contributed by atoms with E-state index in [-0.39, 0.29) is 5.41 Å². The summed E-state index contributed by atoms with van der Waals surface area (Å²) in [5.74, 6) is 0.666. The molecule has 5 heteroatoms. The van der Waals surface area contributed by atoms with Gasteiger partial charge in [-0.15, -0.1) is 0 Å². The average Bonchev–Trinajstić information content (AvgIpc) is 3.35. The third kappa shape index (κ3) is 3.49. The predicted molar refractivity (Wildman–Crippen MR) is 117 cm³/mol. The maximum atomic E-state index is 9.83. The van der Waals surface area contributed by atoms with Crippen molar-refractivity contribution in [1.29, 1.82) is 5.26 Å². The number of aromatic nitrogens is 1. The van der Waals surface area contributed by atoms with E-state index in [1.54, 1.807) is 0 Å². The number of oxazole rings is 1. The quantitative estimate of drug-likeness (QED) is 0.645. The predicted octanol–water partition coefficient (Wildman–Crippen LogP) is 4.80. The number of nitrogens with zero attached hydrogens (tertiary/aromatic N) is 4. The maximum absolute atomic E-state index is 9.83. The summed E-state index contributed by atoms with van der Waals surface area (Å²) in [5, 5.41) is 9.83. The fourth-order valence-electron chi connectivity index (χ4n) is 4.00. The first-order chi connectivity index (χ1) is 13.8. The van der Waals surface area contributed by atoms with Gasteiger partial charge in [-0.2, -0.15) is 5.26 Å². The molecular formula is C24H28N4O. The highest BCUT2D eigenvalue weighted by Gasteiger charge is 2.31. The number of fused-ring (bicyclic) bond motifs is 1. The van der Waals surface area contributed by atoms with Gasteiger partial charge in [0.25, 0.3) is 0 Å². The highest BCUT2D eigenvalue weighted by atomic mass is 16.3. The van der Waals surface area contributed by atoms with Crippen LogP contribution in [0.2, 0.25) is 0 Å². The highest BCUT2D eigenvalue weighted by Crippen LogP contribution is 2.42. The summed E-state index contributed by atoms with van der Waals surface area (Å²) in [4.78, 5) is 9.61. The molecule has 3 aromatic rings. The fourth-order valence-corrected chi connectivity index (χ4v) is 4.00. The van der Waals surface area contributed by atoms with Gasteiger partial charge in [-0.3, -0.25) is 0 Å². The van der Waals surface area contributed by atoms with Crippen LogP contribution in [-0.2, 0) is 5.41 Å². The van der Waals surface area contributed by atoms with Crippen molar-refractivity contribution in [2.24, 2.45) is 0 Å². The van der Waals surface area contributed by atoms with E-state index < -0.39 is 0 Å².